The van der Waals surface area contributed by atoms with E-state index in [1.807, 2.05) is 0 Å². The van der Waals surface area contributed by atoms with Gasteiger partial charge in [0.1, 0.15) is 18.2 Å². The molecule has 0 aliphatic carbocycles. The highest BCUT2D eigenvalue weighted by atomic mass is 32.2. The summed E-state index contributed by atoms with van der Waals surface area (Å²) in [6.45, 7) is 1.54. The Morgan fingerprint density at radius 3 is 2.23 bits per heavy atom. The molecule has 1 fully saturated rings. The van der Waals surface area contributed by atoms with Crippen molar-refractivity contribution in [1.82, 2.24) is 9.62 Å². The maximum atomic E-state index is 14.6. The molecule has 1 aliphatic rings. The molecule has 0 unspecified atom stereocenters. The first kappa shape index (κ1) is 26.9. The minimum absolute atomic E-state index is 0.0749. The Hall–Kier alpha value is -2.74. The van der Waals surface area contributed by atoms with Gasteiger partial charge in [0.15, 0.2) is 9.84 Å². The van der Waals surface area contributed by atoms with Gasteiger partial charge in [0.05, 0.1) is 27.6 Å². The summed E-state index contributed by atoms with van der Waals surface area (Å²) in [6, 6.07) is 7.80. The summed E-state index contributed by atoms with van der Waals surface area (Å²) in [5, 5.41) is 0. The lowest BCUT2D eigenvalue weighted by atomic mass is 10.1. The van der Waals surface area contributed by atoms with Gasteiger partial charge < -0.3 is 19.3 Å². The first-order valence-corrected chi connectivity index (χ1v) is 14.1. The average molecular weight is 530 g/mol. The molecule has 1 aliphatic heterocycles. The highest BCUT2D eigenvalue weighted by Crippen LogP contribution is 2.27. The summed E-state index contributed by atoms with van der Waals surface area (Å²) >= 11 is 0. The third kappa shape index (κ3) is 6.28. The topological polar surface area (TPSA) is 122 Å². The summed E-state index contributed by atoms with van der Waals surface area (Å²) < 4.78 is 75.3. The first-order valence-electron chi connectivity index (χ1n) is 10.7. The van der Waals surface area contributed by atoms with Crippen molar-refractivity contribution in [2.75, 3.05) is 64.7 Å². The van der Waals surface area contributed by atoms with Crippen LogP contribution in [0.4, 0.5) is 10.1 Å². The van der Waals surface area contributed by atoms with Gasteiger partial charge in [0.2, 0.25) is 10.0 Å². The summed E-state index contributed by atoms with van der Waals surface area (Å²) in [6.07, 6.45) is 1.01. The lowest BCUT2D eigenvalue weighted by Gasteiger charge is -2.36. The van der Waals surface area contributed by atoms with Crippen LogP contribution in [0, 0.1) is 5.82 Å². The van der Waals surface area contributed by atoms with Crippen LogP contribution in [0.1, 0.15) is 10.4 Å². The molecule has 192 valence electrons. The molecule has 1 N–H and O–H groups in total. The SMILES string of the molecule is CNS(=O)(=O)c1ccc(OCCOC)c(C(=O)N2CCN(c3ccc(S(C)(=O)=O)cc3F)CC2)c1. The van der Waals surface area contributed by atoms with Crippen LogP contribution in [0.2, 0.25) is 0 Å². The lowest BCUT2D eigenvalue weighted by molar-refractivity contribution is 0.0739. The van der Waals surface area contributed by atoms with Crippen molar-refractivity contribution in [2.45, 2.75) is 9.79 Å². The van der Waals surface area contributed by atoms with Gasteiger partial charge >= 0.3 is 0 Å². The van der Waals surface area contributed by atoms with E-state index in [2.05, 4.69) is 4.72 Å². The summed E-state index contributed by atoms with van der Waals surface area (Å²) in [7, 11) is -4.53. The Morgan fingerprint density at radius 2 is 1.66 bits per heavy atom. The quantitative estimate of drug-likeness (QED) is 0.480. The minimum Gasteiger partial charge on any atom is -0.490 e. The molecule has 13 heteroatoms. The van der Waals surface area contributed by atoms with Crippen LogP contribution >= 0.6 is 0 Å². The van der Waals surface area contributed by atoms with Crippen LogP contribution in [0.3, 0.4) is 0 Å². The predicted octanol–water partition coefficient (Wildman–Crippen LogP) is 1.12. The molecule has 0 aromatic heterocycles. The van der Waals surface area contributed by atoms with E-state index in [0.717, 1.165) is 12.3 Å². The average Bonchev–Trinajstić information content (AvgIpc) is 2.83. The third-order valence-electron chi connectivity index (χ3n) is 5.56. The van der Waals surface area contributed by atoms with Crippen LogP contribution in [0.25, 0.3) is 0 Å². The Morgan fingerprint density at radius 1 is 1.00 bits per heavy atom. The number of nitrogens with zero attached hydrogens (tertiary/aromatic N) is 2. The number of anilines is 1. The second kappa shape index (κ2) is 10.9. The van der Waals surface area contributed by atoms with E-state index in [9.17, 15) is 26.0 Å². The van der Waals surface area contributed by atoms with Gasteiger partial charge in [0.25, 0.3) is 5.91 Å². The van der Waals surface area contributed by atoms with Gasteiger partial charge in [-0.1, -0.05) is 0 Å². The molecule has 0 atom stereocenters. The number of amides is 1. The number of ether oxygens (including phenoxy) is 2. The van der Waals surface area contributed by atoms with Crippen LogP contribution in [0.5, 0.6) is 5.75 Å². The van der Waals surface area contributed by atoms with Gasteiger partial charge in [-0.15, -0.1) is 0 Å². The number of halogens is 1. The summed E-state index contributed by atoms with van der Waals surface area (Å²) in [5.41, 5.74) is 0.338. The van der Waals surface area contributed by atoms with E-state index in [1.54, 1.807) is 4.90 Å². The number of piperazine rings is 1. The number of sulfonamides is 1. The number of methoxy groups -OCH3 is 1. The molecule has 1 amide bonds. The molecule has 0 radical (unpaired) electrons. The van der Waals surface area contributed by atoms with Crippen LogP contribution in [-0.2, 0) is 24.6 Å². The second-order valence-corrected chi connectivity index (χ2v) is 11.8. The number of carbonyl (C=O) groups excluding carboxylic acids is 1. The molecule has 1 saturated heterocycles. The Labute approximate surface area is 204 Å². The molecule has 1 heterocycles. The van der Waals surface area contributed by atoms with Crippen molar-refractivity contribution >= 4 is 31.5 Å². The second-order valence-electron chi connectivity index (χ2n) is 7.87. The fourth-order valence-corrected chi connectivity index (χ4v) is 5.01. The molecular weight excluding hydrogens is 501 g/mol. The largest absolute Gasteiger partial charge is 0.490 e. The number of nitrogens with one attached hydrogen (secondary N) is 1. The fourth-order valence-electron chi connectivity index (χ4n) is 3.62. The Kier molecular flexibility index (Phi) is 8.36. The number of hydrogen-bond acceptors (Lipinski definition) is 8. The van der Waals surface area contributed by atoms with E-state index >= 15 is 0 Å². The smallest absolute Gasteiger partial charge is 0.257 e. The summed E-state index contributed by atoms with van der Waals surface area (Å²) in [5.74, 6) is -0.850. The zero-order valence-corrected chi connectivity index (χ0v) is 21.3. The molecule has 0 bridgehead atoms. The van der Waals surface area contributed by atoms with E-state index in [4.69, 9.17) is 9.47 Å². The number of hydrogen-bond donors (Lipinski definition) is 1. The molecule has 2 aromatic carbocycles. The number of rotatable bonds is 9. The first-order chi connectivity index (χ1) is 16.5. The van der Waals surface area contributed by atoms with E-state index < -0.39 is 31.6 Å². The van der Waals surface area contributed by atoms with Crippen LogP contribution in [0.15, 0.2) is 46.2 Å². The van der Waals surface area contributed by atoms with Crippen molar-refractivity contribution in [2.24, 2.45) is 0 Å². The number of benzene rings is 2. The van der Waals surface area contributed by atoms with Gasteiger partial charge in [0, 0.05) is 39.5 Å². The van der Waals surface area contributed by atoms with E-state index in [0.29, 0.717) is 13.1 Å². The molecular formula is C22H28FN3O7S2. The van der Waals surface area contributed by atoms with Crippen molar-refractivity contribution < 1.29 is 35.5 Å². The van der Waals surface area contributed by atoms with Gasteiger partial charge in [-0.3, -0.25) is 4.79 Å². The molecule has 0 saturated carbocycles. The number of sulfone groups is 1. The highest BCUT2D eigenvalue weighted by molar-refractivity contribution is 7.90. The maximum absolute atomic E-state index is 14.6. The Balaban J connectivity index is 1.80. The lowest BCUT2D eigenvalue weighted by Crippen LogP contribution is -2.49. The zero-order chi connectivity index (χ0) is 25.8. The van der Waals surface area contributed by atoms with Crippen molar-refractivity contribution in [3.63, 3.8) is 0 Å². The summed E-state index contributed by atoms with van der Waals surface area (Å²) in [4.78, 5) is 16.4. The van der Waals surface area contributed by atoms with Gasteiger partial charge in [-0.25, -0.2) is 25.9 Å². The zero-order valence-electron chi connectivity index (χ0n) is 19.7. The normalized spacial score (nSPS) is 14.7. The van der Waals surface area contributed by atoms with Crippen molar-refractivity contribution in [1.29, 1.82) is 0 Å². The highest BCUT2D eigenvalue weighted by Gasteiger charge is 2.27. The van der Waals surface area contributed by atoms with Gasteiger partial charge in [-0.05, 0) is 43.4 Å². The monoisotopic (exact) mass is 529 g/mol. The molecule has 3 rings (SSSR count). The van der Waals surface area contributed by atoms with Crippen molar-refractivity contribution in [3.8, 4) is 5.75 Å². The molecule has 2 aromatic rings. The third-order valence-corrected chi connectivity index (χ3v) is 8.08. The predicted molar refractivity (Wildman–Crippen MR) is 128 cm³/mol. The minimum atomic E-state index is -3.78. The fraction of sp³-hybridized carbons (Fsp3) is 0.409. The Bertz CT molecular complexity index is 1290. The van der Waals surface area contributed by atoms with E-state index in [-0.39, 0.29) is 53.1 Å². The van der Waals surface area contributed by atoms with Crippen molar-refractivity contribution in [3.05, 3.63) is 47.8 Å². The maximum Gasteiger partial charge on any atom is 0.257 e. The van der Waals surface area contributed by atoms with Gasteiger partial charge in [-0.2, -0.15) is 0 Å². The van der Waals surface area contributed by atoms with Crippen LogP contribution < -0.4 is 14.4 Å². The molecule has 35 heavy (non-hydrogen) atoms. The number of carbonyl (C=O) groups is 1. The molecule has 0 spiro atoms. The van der Waals surface area contributed by atoms with Crippen LogP contribution in [-0.4, -0.2) is 87.4 Å². The standard InChI is InChI=1S/C22H28FN3O7S2/c1-24-35(30,31)17-5-7-21(33-13-12-32-2)18(14-17)22(27)26-10-8-25(9-11-26)20-6-4-16(15-19(20)23)34(3,28)29/h4-7,14-15,24H,8-13H2,1-3H3. The molecule has 10 nitrogen and oxygen atoms in total. The van der Waals surface area contributed by atoms with E-state index in [1.165, 1.54) is 49.4 Å².